The molecule has 1 aromatic rings. The molecule has 1 aliphatic rings. The predicted molar refractivity (Wildman–Crippen MR) is 70.9 cm³/mol. The van der Waals surface area contributed by atoms with Crippen molar-refractivity contribution in [3.63, 3.8) is 0 Å². The van der Waals surface area contributed by atoms with Gasteiger partial charge in [-0.1, -0.05) is 0 Å². The van der Waals surface area contributed by atoms with Crippen LogP contribution in [0.5, 0.6) is 5.88 Å². The van der Waals surface area contributed by atoms with Crippen LogP contribution in [0, 0.1) is 0 Å². The molecule has 1 aromatic heterocycles. The van der Waals surface area contributed by atoms with Crippen LogP contribution in [0.2, 0.25) is 0 Å². The molecular weight excluding hydrogens is 246 g/mol. The van der Waals surface area contributed by atoms with Gasteiger partial charge in [0, 0.05) is 6.07 Å². The van der Waals surface area contributed by atoms with Gasteiger partial charge in [-0.05, 0) is 26.8 Å². The topological polar surface area (TPSA) is 77.7 Å². The van der Waals surface area contributed by atoms with Crippen LogP contribution < -0.4 is 10.5 Å². The molecule has 0 radical (unpaired) electrons. The second kappa shape index (κ2) is 4.95. The Balaban J connectivity index is 1.77. The average Bonchev–Trinajstić information content (AvgIpc) is 2.22. The summed E-state index contributed by atoms with van der Waals surface area (Å²) in [5, 5.41) is 0. The number of hydrogen-bond acceptors (Lipinski definition) is 5. The SMILES string of the molecule is CC(C)(C)OC(=O)N1CC(Oc2ccc(N)cn2)C1. The molecule has 0 atom stereocenters. The normalized spacial score (nSPS) is 15.8. The van der Waals surface area contributed by atoms with E-state index in [9.17, 15) is 4.79 Å². The van der Waals surface area contributed by atoms with Crippen molar-refractivity contribution in [2.24, 2.45) is 0 Å². The Labute approximate surface area is 112 Å². The highest BCUT2D eigenvalue weighted by Crippen LogP contribution is 2.19. The lowest BCUT2D eigenvalue weighted by Gasteiger charge is -2.39. The van der Waals surface area contributed by atoms with Crippen molar-refractivity contribution in [1.82, 2.24) is 9.88 Å². The maximum absolute atomic E-state index is 11.7. The first-order valence-electron chi connectivity index (χ1n) is 6.19. The molecule has 6 nitrogen and oxygen atoms in total. The Morgan fingerprint density at radius 1 is 1.42 bits per heavy atom. The summed E-state index contributed by atoms with van der Waals surface area (Å²) in [5.74, 6) is 0.517. The van der Waals surface area contributed by atoms with Crippen molar-refractivity contribution in [2.75, 3.05) is 18.8 Å². The van der Waals surface area contributed by atoms with E-state index < -0.39 is 5.60 Å². The second-order valence-electron chi connectivity index (χ2n) is 5.55. The second-order valence-corrected chi connectivity index (χ2v) is 5.55. The Bertz CT molecular complexity index is 447. The summed E-state index contributed by atoms with van der Waals surface area (Å²) in [6, 6.07) is 3.44. The minimum absolute atomic E-state index is 0.0383. The number of carbonyl (C=O) groups is 1. The van der Waals surface area contributed by atoms with Gasteiger partial charge in [-0.25, -0.2) is 9.78 Å². The number of anilines is 1. The van der Waals surface area contributed by atoms with Gasteiger partial charge in [0.2, 0.25) is 5.88 Å². The number of aromatic nitrogens is 1. The van der Waals surface area contributed by atoms with E-state index in [1.807, 2.05) is 20.8 Å². The Morgan fingerprint density at radius 2 is 2.11 bits per heavy atom. The van der Waals surface area contributed by atoms with Crippen molar-refractivity contribution in [2.45, 2.75) is 32.5 Å². The van der Waals surface area contributed by atoms with Gasteiger partial charge in [0.1, 0.15) is 11.7 Å². The van der Waals surface area contributed by atoms with E-state index in [1.165, 1.54) is 0 Å². The molecule has 0 saturated carbocycles. The van der Waals surface area contributed by atoms with E-state index in [1.54, 1.807) is 23.2 Å². The number of hydrogen-bond donors (Lipinski definition) is 1. The van der Waals surface area contributed by atoms with Crippen LogP contribution in [-0.4, -0.2) is 40.8 Å². The fourth-order valence-electron chi connectivity index (χ4n) is 1.62. The van der Waals surface area contributed by atoms with E-state index in [0.717, 1.165) is 0 Å². The molecule has 2 heterocycles. The molecule has 0 spiro atoms. The largest absolute Gasteiger partial charge is 0.471 e. The van der Waals surface area contributed by atoms with Crippen molar-refractivity contribution < 1.29 is 14.3 Å². The van der Waals surface area contributed by atoms with Crippen LogP contribution in [0.3, 0.4) is 0 Å². The number of ether oxygens (including phenoxy) is 2. The van der Waals surface area contributed by atoms with Gasteiger partial charge in [-0.3, -0.25) is 0 Å². The number of likely N-dealkylation sites (tertiary alicyclic amines) is 1. The van der Waals surface area contributed by atoms with Crippen molar-refractivity contribution in [3.8, 4) is 5.88 Å². The maximum Gasteiger partial charge on any atom is 0.410 e. The highest BCUT2D eigenvalue weighted by molar-refractivity contribution is 5.69. The molecule has 0 unspecified atom stereocenters. The summed E-state index contributed by atoms with van der Waals surface area (Å²) in [6.07, 6.45) is 1.20. The van der Waals surface area contributed by atoms with Gasteiger partial charge in [-0.2, -0.15) is 0 Å². The maximum atomic E-state index is 11.7. The van der Waals surface area contributed by atoms with E-state index >= 15 is 0 Å². The summed E-state index contributed by atoms with van der Waals surface area (Å²) in [5.41, 5.74) is 5.66. The lowest BCUT2D eigenvalue weighted by Crippen LogP contribution is -2.57. The molecule has 1 amide bonds. The number of nitrogens with zero attached hydrogens (tertiary/aromatic N) is 2. The van der Waals surface area contributed by atoms with E-state index in [4.69, 9.17) is 15.2 Å². The number of nitrogens with two attached hydrogens (primary N) is 1. The zero-order valence-electron chi connectivity index (χ0n) is 11.4. The minimum Gasteiger partial charge on any atom is -0.471 e. The molecular formula is C13H19N3O3. The summed E-state index contributed by atoms with van der Waals surface area (Å²) >= 11 is 0. The monoisotopic (exact) mass is 265 g/mol. The van der Waals surface area contributed by atoms with Crippen LogP contribution >= 0.6 is 0 Å². The molecule has 0 bridgehead atoms. The predicted octanol–water partition coefficient (Wildman–Crippen LogP) is 1.66. The van der Waals surface area contributed by atoms with Crippen LogP contribution in [0.4, 0.5) is 10.5 Å². The molecule has 19 heavy (non-hydrogen) atoms. The van der Waals surface area contributed by atoms with Crippen LogP contribution in [0.25, 0.3) is 0 Å². The van der Waals surface area contributed by atoms with Gasteiger partial charge in [0.15, 0.2) is 0 Å². The van der Waals surface area contributed by atoms with Crippen molar-refractivity contribution in [3.05, 3.63) is 18.3 Å². The number of carbonyl (C=O) groups excluding carboxylic acids is 1. The Hall–Kier alpha value is -1.98. The Morgan fingerprint density at radius 3 is 2.63 bits per heavy atom. The molecule has 1 fully saturated rings. The van der Waals surface area contributed by atoms with Crippen molar-refractivity contribution >= 4 is 11.8 Å². The zero-order valence-corrected chi connectivity index (χ0v) is 11.4. The summed E-state index contributed by atoms with van der Waals surface area (Å²) < 4.78 is 10.9. The van der Waals surface area contributed by atoms with E-state index in [2.05, 4.69) is 4.98 Å². The fraction of sp³-hybridized carbons (Fsp3) is 0.538. The van der Waals surface area contributed by atoms with Gasteiger partial charge in [0.25, 0.3) is 0 Å². The standard InChI is InChI=1S/C13H19N3O3/c1-13(2,3)19-12(17)16-7-10(8-16)18-11-5-4-9(14)6-15-11/h4-6,10H,7-8,14H2,1-3H3. The third-order valence-electron chi connectivity index (χ3n) is 2.55. The van der Waals surface area contributed by atoms with Crippen LogP contribution in [0.1, 0.15) is 20.8 Å². The average molecular weight is 265 g/mol. The van der Waals surface area contributed by atoms with Gasteiger partial charge in [-0.15, -0.1) is 0 Å². The highest BCUT2D eigenvalue weighted by atomic mass is 16.6. The van der Waals surface area contributed by atoms with Crippen LogP contribution in [0.15, 0.2) is 18.3 Å². The molecule has 1 saturated heterocycles. The number of amides is 1. The van der Waals surface area contributed by atoms with Gasteiger partial charge < -0.3 is 20.1 Å². The summed E-state index contributed by atoms with van der Waals surface area (Å²) in [6.45, 7) is 6.56. The number of nitrogen functional groups attached to an aromatic ring is 1. The third-order valence-corrected chi connectivity index (χ3v) is 2.55. The molecule has 104 valence electrons. The third kappa shape index (κ3) is 3.74. The molecule has 6 heteroatoms. The summed E-state index contributed by atoms with van der Waals surface area (Å²) in [7, 11) is 0. The molecule has 2 rings (SSSR count). The van der Waals surface area contributed by atoms with Crippen LogP contribution in [-0.2, 0) is 4.74 Å². The first-order valence-corrected chi connectivity index (χ1v) is 6.19. The quantitative estimate of drug-likeness (QED) is 0.880. The Kier molecular flexibility index (Phi) is 3.50. The number of pyridine rings is 1. The number of rotatable bonds is 2. The molecule has 2 N–H and O–H groups in total. The highest BCUT2D eigenvalue weighted by Gasteiger charge is 2.35. The summed E-state index contributed by atoms with van der Waals surface area (Å²) in [4.78, 5) is 17.4. The molecule has 0 aromatic carbocycles. The molecule has 1 aliphatic heterocycles. The van der Waals surface area contributed by atoms with E-state index in [0.29, 0.717) is 24.7 Å². The first-order chi connectivity index (χ1) is 8.83. The lowest BCUT2D eigenvalue weighted by molar-refractivity contribution is -0.0232. The first kappa shape index (κ1) is 13.5. The molecule has 0 aliphatic carbocycles. The zero-order chi connectivity index (χ0) is 14.0. The lowest BCUT2D eigenvalue weighted by atomic mass is 10.2. The van der Waals surface area contributed by atoms with Gasteiger partial charge >= 0.3 is 6.09 Å². The minimum atomic E-state index is -0.471. The van der Waals surface area contributed by atoms with E-state index in [-0.39, 0.29) is 12.2 Å². The van der Waals surface area contributed by atoms with Crippen molar-refractivity contribution in [1.29, 1.82) is 0 Å². The fourth-order valence-corrected chi connectivity index (χ4v) is 1.62. The van der Waals surface area contributed by atoms with Gasteiger partial charge in [0.05, 0.1) is 25.0 Å². The smallest absolute Gasteiger partial charge is 0.410 e.